The van der Waals surface area contributed by atoms with Gasteiger partial charge in [0.25, 0.3) is 5.56 Å². The third-order valence-corrected chi connectivity index (χ3v) is 5.42. The van der Waals surface area contributed by atoms with Gasteiger partial charge in [0.2, 0.25) is 0 Å². The summed E-state index contributed by atoms with van der Waals surface area (Å²) in [6, 6.07) is 15.0. The van der Waals surface area contributed by atoms with Crippen molar-refractivity contribution in [3.8, 4) is 0 Å². The van der Waals surface area contributed by atoms with Crippen molar-refractivity contribution in [3.63, 3.8) is 0 Å². The summed E-state index contributed by atoms with van der Waals surface area (Å²) in [7, 11) is 0. The van der Waals surface area contributed by atoms with E-state index in [-0.39, 0.29) is 24.2 Å². The molecular weight excluding hydrogens is 394 g/mol. The normalized spacial score (nSPS) is 16.3. The highest BCUT2D eigenvalue weighted by molar-refractivity contribution is 5.90. The lowest BCUT2D eigenvalue weighted by Gasteiger charge is -2.30. The number of ether oxygens (including phenoxy) is 2. The number of carbonyl (C=O) groups is 1. The van der Waals surface area contributed by atoms with E-state index in [0.717, 1.165) is 27.7 Å². The van der Waals surface area contributed by atoms with Crippen molar-refractivity contribution in [2.75, 3.05) is 31.7 Å². The minimum absolute atomic E-state index is 0.163. The van der Waals surface area contributed by atoms with Crippen LogP contribution in [-0.2, 0) is 16.0 Å². The van der Waals surface area contributed by atoms with E-state index in [1.54, 1.807) is 4.90 Å². The number of H-pyrrole nitrogens is 1. The van der Waals surface area contributed by atoms with Gasteiger partial charge >= 0.3 is 6.03 Å². The van der Waals surface area contributed by atoms with E-state index in [9.17, 15) is 9.59 Å². The van der Waals surface area contributed by atoms with Crippen molar-refractivity contribution in [2.24, 2.45) is 0 Å². The van der Waals surface area contributed by atoms with Crippen molar-refractivity contribution in [2.45, 2.75) is 26.5 Å². The van der Waals surface area contributed by atoms with Gasteiger partial charge in [-0.2, -0.15) is 0 Å². The molecule has 2 heterocycles. The largest absolute Gasteiger partial charge is 0.376 e. The number of aromatic nitrogens is 1. The van der Waals surface area contributed by atoms with E-state index in [2.05, 4.69) is 10.3 Å². The van der Waals surface area contributed by atoms with Gasteiger partial charge in [-0.25, -0.2) is 4.79 Å². The van der Waals surface area contributed by atoms with E-state index in [0.29, 0.717) is 31.9 Å². The molecule has 1 fully saturated rings. The van der Waals surface area contributed by atoms with Crippen LogP contribution < -0.4 is 10.9 Å². The summed E-state index contributed by atoms with van der Waals surface area (Å²) < 4.78 is 11.2. The Kier molecular flexibility index (Phi) is 6.34. The van der Waals surface area contributed by atoms with Gasteiger partial charge in [-0.05, 0) is 49.1 Å². The number of aromatic amines is 1. The van der Waals surface area contributed by atoms with Crippen LogP contribution in [0.15, 0.2) is 53.3 Å². The number of para-hydroxylation sites is 1. The molecule has 1 unspecified atom stereocenters. The fourth-order valence-electron chi connectivity index (χ4n) is 3.71. The van der Waals surface area contributed by atoms with E-state index in [1.807, 2.05) is 62.4 Å². The molecule has 0 aliphatic carbocycles. The molecule has 2 aromatic carbocycles. The van der Waals surface area contributed by atoms with E-state index in [4.69, 9.17) is 9.47 Å². The summed E-state index contributed by atoms with van der Waals surface area (Å²) in [5.41, 5.74) is 3.90. The fourth-order valence-corrected chi connectivity index (χ4v) is 3.71. The monoisotopic (exact) mass is 421 g/mol. The molecule has 0 bridgehead atoms. The van der Waals surface area contributed by atoms with Gasteiger partial charge in [-0.1, -0.05) is 29.8 Å². The molecule has 0 spiro atoms. The highest BCUT2D eigenvalue weighted by atomic mass is 16.6. The first kappa shape index (κ1) is 21.1. The Morgan fingerprint density at radius 2 is 2.00 bits per heavy atom. The third-order valence-electron chi connectivity index (χ3n) is 5.42. The summed E-state index contributed by atoms with van der Waals surface area (Å²) >= 11 is 0. The Bertz CT molecular complexity index is 1140. The Balaban J connectivity index is 1.61. The molecule has 1 aromatic heterocycles. The van der Waals surface area contributed by atoms with E-state index >= 15 is 0 Å². The molecule has 0 saturated carbocycles. The maximum atomic E-state index is 13.2. The smallest absolute Gasteiger partial charge is 0.322 e. The zero-order valence-electron chi connectivity index (χ0n) is 17.8. The van der Waals surface area contributed by atoms with Gasteiger partial charge in [-0.15, -0.1) is 0 Å². The number of benzene rings is 2. The molecule has 7 nitrogen and oxygen atoms in total. The average molecular weight is 421 g/mol. The molecule has 2 amide bonds. The summed E-state index contributed by atoms with van der Waals surface area (Å²) in [6.45, 7) is 5.89. The Morgan fingerprint density at radius 1 is 1.16 bits per heavy atom. The zero-order chi connectivity index (χ0) is 21.8. The number of fused-ring (bicyclic) bond motifs is 1. The molecule has 31 heavy (non-hydrogen) atoms. The molecule has 1 aliphatic heterocycles. The maximum Gasteiger partial charge on any atom is 0.322 e. The zero-order valence-corrected chi connectivity index (χ0v) is 17.8. The lowest BCUT2D eigenvalue weighted by atomic mass is 10.1. The molecule has 162 valence electrons. The van der Waals surface area contributed by atoms with Gasteiger partial charge in [0.1, 0.15) is 0 Å². The predicted octanol–water partition coefficient (Wildman–Crippen LogP) is 3.59. The first-order valence-corrected chi connectivity index (χ1v) is 10.4. The van der Waals surface area contributed by atoms with Crippen LogP contribution >= 0.6 is 0 Å². The van der Waals surface area contributed by atoms with E-state index in [1.165, 1.54) is 0 Å². The lowest BCUT2D eigenvalue weighted by Crippen LogP contribution is -2.44. The van der Waals surface area contributed by atoms with Gasteiger partial charge < -0.3 is 24.7 Å². The number of anilines is 1. The number of urea groups is 1. The van der Waals surface area contributed by atoms with Crippen LogP contribution in [0.2, 0.25) is 0 Å². The second kappa shape index (κ2) is 9.32. The van der Waals surface area contributed by atoms with Gasteiger partial charge in [0.15, 0.2) is 0 Å². The van der Waals surface area contributed by atoms with Crippen molar-refractivity contribution >= 4 is 22.6 Å². The Morgan fingerprint density at radius 3 is 2.77 bits per heavy atom. The molecule has 1 saturated heterocycles. The number of nitrogens with one attached hydrogen (secondary N) is 2. The molecule has 3 aromatic rings. The second-order valence-corrected chi connectivity index (χ2v) is 7.91. The minimum Gasteiger partial charge on any atom is -0.376 e. The number of pyridine rings is 1. The Hall–Kier alpha value is -3.16. The summed E-state index contributed by atoms with van der Waals surface area (Å²) in [5.74, 6) is 0. The number of amides is 2. The van der Waals surface area contributed by atoms with Crippen LogP contribution in [-0.4, -0.2) is 48.4 Å². The fraction of sp³-hybridized carbons (Fsp3) is 0.333. The van der Waals surface area contributed by atoms with Crippen LogP contribution in [0, 0.1) is 13.8 Å². The molecule has 2 N–H and O–H groups in total. The maximum absolute atomic E-state index is 13.2. The number of carbonyl (C=O) groups excluding carboxylic acids is 1. The number of hydrogen-bond donors (Lipinski definition) is 2. The molecule has 4 rings (SSSR count). The number of aryl methyl sites for hydroxylation is 2. The summed E-state index contributed by atoms with van der Waals surface area (Å²) in [5, 5.41) is 3.90. The lowest BCUT2D eigenvalue weighted by molar-refractivity contribution is -0.0943. The summed E-state index contributed by atoms with van der Waals surface area (Å²) in [6.07, 6.45) is -0.238. The van der Waals surface area contributed by atoms with Gasteiger partial charge in [0, 0.05) is 16.8 Å². The standard InChI is InChI=1S/C24H27N3O4/c1-16-7-8-22-18(11-16)12-19(23(28)25-22)13-27(14-20-15-30-9-10-31-20)24(29)26-21-6-4-3-5-17(21)2/h3-8,11-12,20H,9-10,13-15H2,1-2H3,(H,25,28)(H,26,29). The quantitative estimate of drug-likeness (QED) is 0.659. The first-order valence-electron chi connectivity index (χ1n) is 10.4. The SMILES string of the molecule is Cc1ccc2[nH]c(=O)c(CN(CC3COCCO3)C(=O)Nc3ccccc3C)cc2c1. The van der Waals surface area contributed by atoms with Crippen molar-refractivity contribution in [3.05, 3.63) is 75.6 Å². The van der Waals surface area contributed by atoms with Crippen molar-refractivity contribution in [1.29, 1.82) is 0 Å². The molecule has 1 aliphatic rings. The molecule has 1 atom stereocenters. The second-order valence-electron chi connectivity index (χ2n) is 7.91. The van der Waals surface area contributed by atoms with E-state index < -0.39 is 0 Å². The highest BCUT2D eigenvalue weighted by Gasteiger charge is 2.23. The third kappa shape index (κ3) is 5.13. The van der Waals surface area contributed by atoms with Gasteiger partial charge in [0.05, 0.1) is 39.0 Å². The van der Waals surface area contributed by atoms with Crippen LogP contribution in [0.5, 0.6) is 0 Å². The number of hydrogen-bond acceptors (Lipinski definition) is 4. The predicted molar refractivity (Wildman–Crippen MR) is 120 cm³/mol. The van der Waals surface area contributed by atoms with Crippen LogP contribution in [0.1, 0.15) is 16.7 Å². The highest BCUT2D eigenvalue weighted by Crippen LogP contribution is 2.17. The van der Waals surface area contributed by atoms with Crippen LogP contribution in [0.4, 0.5) is 10.5 Å². The summed E-state index contributed by atoms with van der Waals surface area (Å²) in [4.78, 5) is 30.4. The van der Waals surface area contributed by atoms with Crippen molar-refractivity contribution < 1.29 is 14.3 Å². The first-order chi connectivity index (χ1) is 15.0. The van der Waals surface area contributed by atoms with Gasteiger partial charge in [-0.3, -0.25) is 4.79 Å². The molecule has 0 radical (unpaired) electrons. The number of rotatable bonds is 5. The molecule has 7 heteroatoms. The minimum atomic E-state index is -0.285. The van der Waals surface area contributed by atoms with Crippen LogP contribution in [0.3, 0.4) is 0 Å². The molecular formula is C24H27N3O4. The van der Waals surface area contributed by atoms with Crippen LogP contribution in [0.25, 0.3) is 10.9 Å². The topological polar surface area (TPSA) is 83.7 Å². The average Bonchev–Trinajstić information content (AvgIpc) is 2.76. The van der Waals surface area contributed by atoms with Crippen molar-refractivity contribution in [1.82, 2.24) is 9.88 Å². The number of nitrogens with zero attached hydrogens (tertiary/aromatic N) is 1. The Labute approximate surface area is 181 Å².